The predicted molar refractivity (Wildman–Crippen MR) is 129 cm³/mol. The number of rotatable bonds is 5. The van der Waals surface area contributed by atoms with Gasteiger partial charge in [-0.15, -0.1) is 11.3 Å². The molecule has 2 heterocycles. The van der Waals surface area contributed by atoms with Gasteiger partial charge in [0.15, 0.2) is 0 Å². The summed E-state index contributed by atoms with van der Waals surface area (Å²) in [5.41, 5.74) is 2.74. The number of nitrogens with one attached hydrogen (secondary N) is 2. The molecule has 2 amide bonds. The highest BCUT2D eigenvalue weighted by Gasteiger charge is 2.14. The van der Waals surface area contributed by atoms with Gasteiger partial charge in [-0.2, -0.15) is 0 Å². The molecule has 1 aliphatic heterocycles. The second-order valence-corrected chi connectivity index (χ2v) is 8.88. The van der Waals surface area contributed by atoms with E-state index < -0.39 is 0 Å². The van der Waals surface area contributed by atoms with E-state index in [1.807, 2.05) is 23.6 Å². The van der Waals surface area contributed by atoms with Gasteiger partial charge in [0.1, 0.15) is 0 Å². The number of anilines is 3. The quantitative estimate of drug-likeness (QED) is 0.477. The molecule has 0 bridgehead atoms. The van der Waals surface area contributed by atoms with Crippen LogP contribution in [0, 0.1) is 0 Å². The lowest BCUT2D eigenvalue weighted by molar-refractivity contribution is 0.101. The Kier molecular flexibility index (Phi) is 6.89. The zero-order valence-electron chi connectivity index (χ0n) is 17.1. The third-order valence-corrected chi connectivity index (χ3v) is 6.52. The van der Waals surface area contributed by atoms with E-state index in [0.717, 1.165) is 18.8 Å². The summed E-state index contributed by atoms with van der Waals surface area (Å²) in [5, 5.41) is 7.90. The zero-order valence-corrected chi connectivity index (χ0v) is 18.6. The minimum atomic E-state index is -0.259. The lowest BCUT2D eigenvalue weighted by Crippen LogP contribution is -2.23. The van der Waals surface area contributed by atoms with Crippen molar-refractivity contribution in [2.45, 2.75) is 25.7 Å². The number of hydrogen-bond donors (Lipinski definition) is 2. The van der Waals surface area contributed by atoms with Crippen LogP contribution >= 0.6 is 22.9 Å². The number of benzene rings is 2. The van der Waals surface area contributed by atoms with E-state index in [9.17, 15) is 9.59 Å². The van der Waals surface area contributed by atoms with Gasteiger partial charge in [0.25, 0.3) is 11.8 Å². The van der Waals surface area contributed by atoms with Crippen molar-refractivity contribution in [3.63, 3.8) is 0 Å². The van der Waals surface area contributed by atoms with E-state index in [-0.39, 0.29) is 11.8 Å². The molecule has 1 saturated heterocycles. The number of halogens is 1. The molecule has 160 valence electrons. The van der Waals surface area contributed by atoms with Crippen LogP contribution in [0.4, 0.5) is 17.1 Å². The molecule has 1 aromatic heterocycles. The highest BCUT2D eigenvalue weighted by atomic mass is 35.5. The Bertz CT molecular complexity index is 1040. The molecular formula is C24H24ClN3O2S. The fourth-order valence-electron chi connectivity index (χ4n) is 3.64. The highest BCUT2D eigenvalue weighted by Crippen LogP contribution is 2.26. The smallest absolute Gasteiger partial charge is 0.265 e. The van der Waals surface area contributed by atoms with Crippen LogP contribution in [-0.4, -0.2) is 24.9 Å². The minimum absolute atomic E-state index is 0.251. The Morgan fingerprint density at radius 2 is 1.61 bits per heavy atom. The molecule has 0 saturated carbocycles. The molecular weight excluding hydrogens is 430 g/mol. The van der Waals surface area contributed by atoms with Crippen molar-refractivity contribution in [1.29, 1.82) is 0 Å². The molecule has 0 radical (unpaired) electrons. The molecule has 0 aliphatic carbocycles. The van der Waals surface area contributed by atoms with Crippen LogP contribution in [0.15, 0.2) is 60.0 Å². The van der Waals surface area contributed by atoms with Gasteiger partial charge in [0, 0.05) is 30.0 Å². The monoisotopic (exact) mass is 453 g/mol. The predicted octanol–water partition coefficient (Wildman–Crippen LogP) is 6.29. The first kappa shape index (κ1) is 21.4. The number of carbonyl (C=O) groups is 2. The number of hydrogen-bond acceptors (Lipinski definition) is 4. The molecule has 0 atom stereocenters. The number of amides is 2. The first-order valence-electron chi connectivity index (χ1n) is 10.4. The first-order valence-corrected chi connectivity index (χ1v) is 11.7. The summed E-state index contributed by atoms with van der Waals surface area (Å²) in [6.45, 7) is 2.16. The molecule has 3 aromatic rings. The summed E-state index contributed by atoms with van der Waals surface area (Å²) in [4.78, 5) is 28.1. The van der Waals surface area contributed by atoms with Gasteiger partial charge in [-0.3, -0.25) is 9.59 Å². The van der Waals surface area contributed by atoms with Crippen LogP contribution in [0.25, 0.3) is 0 Å². The largest absolute Gasteiger partial charge is 0.372 e. The molecule has 2 aromatic carbocycles. The maximum atomic E-state index is 12.7. The van der Waals surface area contributed by atoms with Crippen LogP contribution in [0.3, 0.4) is 0 Å². The van der Waals surface area contributed by atoms with Gasteiger partial charge < -0.3 is 15.5 Å². The van der Waals surface area contributed by atoms with Crippen LogP contribution in [0.2, 0.25) is 5.02 Å². The van der Waals surface area contributed by atoms with E-state index in [2.05, 4.69) is 27.7 Å². The topological polar surface area (TPSA) is 61.4 Å². The van der Waals surface area contributed by atoms with Crippen LogP contribution < -0.4 is 15.5 Å². The third-order valence-electron chi connectivity index (χ3n) is 5.32. The molecule has 1 fully saturated rings. The van der Waals surface area contributed by atoms with Gasteiger partial charge in [-0.25, -0.2) is 0 Å². The third kappa shape index (κ3) is 5.46. The Hall–Kier alpha value is -2.83. The summed E-state index contributed by atoms with van der Waals surface area (Å²) in [5.74, 6) is -0.510. The van der Waals surface area contributed by atoms with E-state index in [1.54, 1.807) is 24.3 Å². The molecule has 5 nitrogen and oxygen atoms in total. The molecule has 1 aliphatic rings. The van der Waals surface area contributed by atoms with Crippen LogP contribution in [0.1, 0.15) is 45.7 Å². The van der Waals surface area contributed by atoms with Crippen molar-refractivity contribution in [3.8, 4) is 0 Å². The van der Waals surface area contributed by atoms with Crippen molar-refractivity contribution < 1.29 is 9.59 Å². The second-order valence-electron chi connectivity index (χ2n) is 7.53. The van der Waals surface area contributed by atoms with Gasteiger partial charge in [0.05, 0.1) is 15.6 Å². The normalized spacial score (nSPS) is 14.0. The minimum Gasteiger partial charge on any atom is -0.372 e. The summed E-state index contributed by atoms with van der Waals surface area (Å²) in [7, 11) is 0. The van der Waals surface area contributed by atoms with Gasteiger partial charge in [-0.1, -0.05) is 30.5 Å². The van der Waals surface area contributed by atoms with Crippen molar-refractivity contribution in [2.24, 2.45) is 0 Å². The fourth-order valence-corrected chi connectivity index (χ4v) is 4.43. The summed E-state index contributed by atoms with van der Waals surface area (Å²) >= 11 is 7.56. The Labute approximate surface area is 191 Å². The Morgan fingerprint density at radius 3 is 2.29 bits per heavy atom. The van der Waals surface area contributed by atoms with Gasteiger partial charge in [0.2, 0.25) is 0 Å². The SMILES string of the molecule is O=C(Nc1ccc(N2CCCCCC2)cc1)c1ccc(Cl)c(NC(=O)c2cccs2)c1. The lowest BCUT2D eigenvalue weighted by atomic mass is 10.1. The van der Waals surface area contributed by atoms with Crippen molar-refractivity contribution in [1.82, 2.24) is 0 Å². The maximum Gasteiger partial charge on any atom is 0.265 e. The molecule has 4 rings (SSSR count). The second kappa shape index (κ2) is 9.98. The molecule has 0 spiro atoms. The van der Waals surface area contributed by atoms with Crippen molar-refractivity contribution >= 4 is 51.8 Å². The Balaban J connectivity index is 1.43. The molecule has 31 heavy (non-hydrogen) atoms. The Morgan fingerprint density at radius 1 is 0.871 bits per heavy atom. The number of carbonyl (C=O) groups excluding carboxylic acids is 2. The van der Waals surface area contributed by atoms with E-state index in [0.29, 0.717) is 21.2 Å². The van der Waals surface area contributed by atoms with Crippen LogP contribution in [-0.2, 0) is 0 Å². The van der Waals surface area contributed by atoms with Gasteiger partial charge >= 0.3 is 0 Å². The lowest BCUT2D eigenvalue weighted by Gasteiger charge is -2.22. The molecule has 0 unspecified atom stereocenters. The van der Waals surface area contributed by atoms with Gasteiger partial charge in [-0.05, 0) is 66.8 Å². The summed E-state index contributed by atoms with van der Waals surface area (Å²) in [6.07, 6.45) is 5.03. The standard InChI is InChI=1S/C24H24ClN3O2S/c25-20-12-7-17(16-21(20)27-24(30)22-6-5-15-31-22)23(29)26-18-8-10-19(11-9-18)28-13-3-1-2-4-14-28/h5-12,15-16H,1-4,13-14H2,(H,26,29)(H,27,30). The fraction of sp³-hybridized carbons (Fsp3) is 0.250. The number of thiophene rings is 1. The van der Waals surface area contributed by atoms with E-state index in [1.165, 1.54) is 42.7 Å². The maximum absolute atomic E-state index is 12.7. The molecule has 7 heteroatoms. The van der Waals surface area contributed by atoms with E-state index >= 15 is 0 Å². The average Bonchev–Trinajstić information content (AvgIpc) is 3.19. The zero-order chi connectivity index (χ0) is 21.6. The first-order chi connectivity index (χ1) is 15.1. The van der Waals surface area contributed by atoms with Crippen molar-refractivity contribution in [2.75, 3.05) is 28.6 Å². The summed E-state index contributed by atoms with van der Waals surface area (Å²) < 4.78 is 0. The summed E-state index contributed by atoms with van der Waals surface area (Å²) in [6, 6.07) is 16.3. The molecule has 2 N–H and O–H groups in total. The average molecular weight is 454 g/mol. The van der Waals surface area contributed by atoms with E-state index in [4.69, 9.17) is 11.6 Å². The highest BCUT2D eigenvalue weighted by molar-refractivity contribution is 7.12. The number of nitrogens with zero attached hydrogens (tertiary/aromatic N) is 1. The van der Waals surface area contributed by atoms with Crippen LogP contribution in [0.5, 0.6) is 0 Å². The van der Waals surface area contributed by atoms with Crippen molar-refractivity contribution in [3.05, 3.63) is 75.4 Å².